The van der Waals surface area contributed by atoms with E-state index in [1.807, 2.05) is 12.1 Å². The Balaban J connectivity index is 1.96. The Hall–Kier alpha value is -1.07. The maximum absolute atomic E-state index is 5.25. The third-order valence-electron chi connectivity index (χ3n) is 2.95. The molecule has 3 heteroatoms. The Kier molecular flexibility index (Phi) is 5.22. The Morgan fingerprint density at radius 1 is 1.00 bits per heavy atom. The monoisotopic (exact) mass is 367 g/mol. The summed E-state index contributed by atoms with van der Waals surface area (Å²) in [5, 5.41) is 0. The third kappa shape index (κ3) is 4.51. The third-order valence-corrected chi connectivity index (χ3v) is 3.67. The number of benzene rings is 2. The van der Waals surface area contributed by atoms with Gasteiger partial charge in [0.25, 0.3) is 0 Å². The van der Waals surface area contributed by atoms with Crippen LogP contribution < -0.4 is 4.74 Å². The van der Waals surface area contributed by atoms with E-state index in [0.29, 0.717) is 0 Å². The fourth-order valence-corrected chi connectivity index (χ4v) is 2.40. The lowest BCUT2D eigenvalue weighted by Crippen LogP contribution is -2.17. The molecular weight excluding hydrogens is 349 g/mol. The molecule has 0 spiro atoms. The van der Waals surface area contributed by atoms with Crippen molar-refractivity contribution in [2.45, 2.75) is 13.1 Å². The number of rotatable bonds is 5. The summed E-state index contributed by atoms with van der Waals surface area (Å²) in [6.07, 6.45) is 0. The molecule has 0 aromatic heterocycles. The molecule has 0 aliphatic rings. The minimum Gasteiger partial charge on any atom is -0.497 e. The number of halogens is 1. The summed E-state index contributed by atoms with van der Waals surface area (Å²) in [6.45, 7) is 1.87. The maximum atomic E-state index is 5.25. The molecule has 0 unspecified atom stereocenters. The molecule has 0 saturated carbocycles. The molecule has 2 aromatic rings. The van der Waals surface area contributed by atoms with Gasteiger partial charge in [0.15, 0.2) is 0 Å². The predicted molar refractivity (Wildman–Crippen MR) is 87.3 cm³/mol. The van der Waals surface area contributed by atoms with Crippen LogP contribution in [0.5, 0.6) is 5.75 Å². The van der Waals surface area contributed by atoms with E-state index in [2.05, 4.69) is 70.9 Å². The van der Waals surface area contributed by atoms with Gasteiger partial charge < -0.3 is 4.74 Å². The van der Waals surface area contributed by atoms with Crippen LogP contribution in [0, 0.1) is 3.57 Å². The highest BCUT2D eigenvalue weighted by Gasteiger charge is 2.03. The minimum absolute atomic E-state index is 0.917. The van der Waals surface area contributed by atoms with Gasteiger partial charge in [0.2, 0.25) is 0 Å². The van der Waals surface area contributed by atoms with Gasteiger partial charge in [0.05, 0.1) is 7.11 Å². The van der Waals surface area contributed by atoms with Gasteiger partial charge in [-0.25, -0.2) is 0 Å². The SMILES string of the molecule is COc1cccc(CN(C)Cc2ccc(I)cc2)c1. The molecule has 0 aliphatic heterocycles. The zero-order valence-electron chi connectivity index (χ0n) is 11.3. The van der Waals surface area contributed by atoms with E-state index in [-0.39, 0.29) is 0 Å². The highest BCUT2D eigenvalue weighted by atomic mass is 127. The van der Waals surface area contributed by atoms with Crippen LogP contribution in [-0.2, 0) is 13.1 Å². The molecule has 0 saturated heterocycles. The van der Waals surface area contributed by atoms with E-state index in [9.17, 15) is 0 Å². The number of methoxy groups -OCH3 is 1. The van der Waals surface area contributed by atoms with Crippen molar-refractivity contribution in [3.63, 3.8) is 0 Å². The number of nitrogens with zero attached hydrogens (tertiary/aromatic N) is 1. The molecule has 0 heterocycles. The molecule has 0 radical (unpaired) electrons. The molecule has 0 aliphatic carbocycles. The fraction of sp³-hybridized carbons (Fsp3) is 0.250. The van der Waals surface area contributed by atoms with E-state index < -0.39 is 0 Å². The second-order valence-corrected chi connectivity index (χ2v) is 5.90. The van der Waals surface area contributed by atoms with Crippen LogP contribution in [-0.4, -0.2) is 19.1 Å². The van der Waals surface area contributed by atoms with Crippen LogP contribution >= 0.6 is 22.6 Å². The average Bonchev–Trinajstić information content (AvgIpc) is 2.41. The van der Waals surface area contributed by atoms with Gasteiger partial charge in [0.1, 0.15) is 5.75 Å². The summed E-state index contributed by atoms with van der Waals surface area (Å²) in [5.74, 6) is 0.917. The van der Waals surface area contributed by atoms with Gasteiger partial charge in [-0.3, -0.25) is 4.90 Å². The lowest BCUT2D eigenvalue weighted by molar-refractivity contribution is 0.318. The first kappa shape index (κ1) is 14.3. The summed E-state index contributed by atoms with van der Waals surface area (Å²) in [6, 6.07) is 16.9. The summed E-state index contributed by atoms with van der Waals surface area (Å²) in [7, 11) is 3.84. The van der Waals surface area contributed by atoms with Crippen molar-refractivity contribution in [3.05, 3.63) is 63.2 Å². The topological polar surface area (TPSA) is 12.5 Å². The van der Waals surface area contributed by atoms with Crippen LogP contribution in [0.4, 0.5) is 0 Å². The second kappa shape index (κ2) is 6.91. The molecule has 0 atom stereocenters. The molecule has 100 valence electrons. The summed E-state index contributed by atoms with van der Waals surface area (Å²) in [5.41, 5.74) is 2.61. The first-order valence-electron chi connectivity index (χ1n) is 6.23. The van der Waals surface area contributed by atoms with Gasteiger partial charge in [0, 0.05) is 16.7 Å². The maximum Gasteiger partial charge on any atom is 0.119 e. The first-order valence-corrected chi connectivity index (χ1v) is 7.31. The van der Waals surface area contributed by atoms with Crippen LogP contribution in [0.2, 0.25) is 0 Å². The van der Waals surface area contributed by atoms with Gasteiger partial charge in [-0.15, -0.1) is 0 Å². The lowest BCUT2D eigenvalue weighted by Gasteiger charge is -2.17. The summed E-state index contributed by atoms with van der Waals surface area (Å²) in [4.78, 5) is 2.30. The molecule has 2 nitrogen and oxygen atoms in total. The molecular formula is C16H18INO. The Morgan fingerprint density at radius 2 is 1.68 bits per heavy atom. The van der Waals surface area contributed by atoms with Crippen LogP contribution in [0.3, 0.4) is 0 Å². The number of ether oxygens (including phenoxy) is 1. The number of hydrogen-bond donors (Lipinski definition) is 0. The van der Waals surface area contributed by atoms with E-state index in [4.69, 9.17) is 4.74 Å². The van der Waals surface area contributed by atoms with Gasteiger partial charge in [-0.05, 0) is 65.0 Å². The van der Waals surface area contributed by atoms with E-state index >= 15 is 0 Å². The Morgan fingerprint density at radius 3 is 2.37 bits per heavy atom. The van der Waals surface area contributed by atoms with Crippen molar-refractivity contribution in [1.29, 1.82) is 0 Å². The van der Waals surface area contributed by atoms with Crippen LogP contribution in [0.25, 0.3) is 0 Å². The van der Waals surface area contributed by atoms with Gasteiger partial charge in [-0.2, -0.15) is 0 Å². The van der Waals surface area contributed by atoms with Crippen LogP contribution in [0.1, 0.15) is 11.1 Å². The number of hydrogen-bond acceptors (Lipinski definition) is 2. The Labute approximate surface area is 128 Å². The van der Waals surface area contributed by atoms with Gasteiger partial charge >= 0.3 is 0 Å². The van der Waals surface area contributed by atoms with E-state index in [1.165, 1.54) is 14.7 Å². The lowest BCUT2D eigenvalue weighted by atomic mass is 10.2. The highest BCUT2D eigenvalue weighted by Crippen LogP contribution is 2.15. The van der Waals surface area contributed by atoms with E-state index in [1.54, 1.807) is 7.11 Å². The first-order chi connectivity index (χ1) is 9.17. The van der Waals surface area contributed by atoms with Crippen molar-refractivity contribution in [3.8, 4) is 5.75 Å². The molecule has 0 N–H and O–H groups in total. The normalized spacial score (nSPS) is 10.7. The minimum atomic E-state index is 0.917. The molecule has 0 amide bonds. The largest absolute Gasteiger partial charge is 0.497 e. The van der Waals surface area contributed by atoms with Crippen molar-refractivity contribution in [2.75, 3.05) is 14.2 Å². The zero-order chi connectivity index (χ0) is 13.7. The molecule has 0 bridgehead atoms. The second-order valence-electron chi connectivity index (χ2n) is 4.65. The summed E-state index contributed by atoms with van der Waals surface area (Å²) < 4.78 is 6.52. The van der Waals surface area contributed by atoms with Crippen molar-refractivity contribution < 1.29 is 4.74 Å². The van der Waals surface area contributed by atoms with E-state index in [0.717, 1.165) is 18.8 Å². The predicted octanol–water partition coefficient (Wildman–Crippen LogP) is 3.93. The van der Waals surface area contributed by atoms with Crippen molar-refractivity contribution in [2.24, 2.45) is 0 Å². The van der Waals surface area contributed by atoms with Gasteiger partial charge in [-0.1, -0.05) is 24.3 Å². The molecule has 19 heavy (non-hydrogen) atoms. The summed E-state index contributed by atoms with van der Waals surface area (Å²) >= 11 is 2.33. The standard InChI is InChI=1S/C16H18INO/c1-18(11-13-6-8-15(17)9-7-13)12-14-4-3-5-16(10-14)19-2/h3-10H,11-12H2,1-2H3. The fourth-order valence-electron chi connectivity index (χ4n) is 2.04. The molecule has 2 rings (SSSR count). The zero-order valence-corrected chi connectivity index (χ0v) is 13.4. The molecule has 2 aromatic carbocycles. The van der Waals surface area contributed by atoms with Crippen LogP contribution in [0.15, 0.2) is 48.5 Å². The smallest absolute Gasteiger partial charge is 0.119 e. The van der Waals surface area contributed by atoms with Crippen molar-refractivity contribution in [1.82, 2.24) is 4.90 Å². The van der Waals surface area contributed by atoms with Crippen molar-refractivity contribution >= 4 is 22.6 Å². The highest BCUT2D eigenvalue weighted by molar-refractivity contribution is 14.1. The Bertz CT molecular complexity index is 525. The molecule has 0 fully saturated rings. The average molecular weight is 367 g/mol. The quantitative estimate of drug-likeness (QED) is 0.743.